The molecule has 25 heavy (non-hydrogen) atoms. The van der Waals surface area contributed by atoms with Crippen molar-refractivity contribution in [2.75, 3.05) is 0 Å². The van der Waals surface area contributed by atoms with Crippen LogP contribution in [0.1, 0.15) is 81.1 Å². The van der Waals surface area contributed by atoms with Gasteiger partial charge in [0, 0.05) is 0 Å². The molecule has 0 saturated carbocycles. The summed E-state index contributed by atoms with van der Waals surface area (Å²) in [6, 6.07) is 0. The standard InChI is InChI=1S/C21H37.3ClH.Ti/c1-14(2)9-18-13-19(10-15(3)4)21(12-17(7)8)20(18)11-16(5)6;;;;/h14-18H,9-12H2,1-8H3;3*1H;/q;;;;+3/p-3. The van der Waals surface area contributed by atoms with Crippen LogP contribution >= 0.6 is 0 Å². The average molecular weight is 444 g/mol. The number of hydrogen-bond donors (Lipinski definition) is 0. The molecule has 0 aromatic rings. The fourth-order valence-corrected chi connectivity index (χ4v) is 4.54. The Morgan fingerprint density at radius 2 is 1.04 bits per heavy atom. The topological polar surface area (TPSA) is 0 Å². The molecule has 0 saturated heterocycles. The summed E-state index contributed by atoms with van der Waals surface area (Å²) in [6.45, 7) is 19.0. The summed E-state index contributed by atoms with van der Waals surface area (Å²) < 4.78 is 1.70. The molecule has 1 aliphatic carbocycles. The molecule has 0 radical (unpaired) electrons. The molecule has 0 aromatic carbocycles. The number of rotatable bonds is 8. The zero-order chi connectivity index (χ0) is 17.0. The zero-order valence-corrected chi connectivity index (χ0v) is 21.2. The van der Waals surface area contributed by atoms with Gasteiger partial charge in [0.1, 0.15) is 0 Å². The van der Waals surface area contributed by atoms with E-state index in [1.807, 2.05) is 0 Å². The summed E-state index contributed by atoms with van der Waals surface area (Å²) in [6.07, 6.45) is 5.16. The predicted molar refractivity (Wildman–Crippen MR) is 95.4 cm³/mol. The van der Waals surface area contributed by atoms with Gasteiger partial charge in [-0.05, 0) is 0 Å². The van der Waals surface area contributed by atoms with Crippen LogP contribution in [0.4, 0.5) is 0 Å². The first-order valence-electron chi connectivity index (χ1n) is 9.30. The Morgan fingerprint density at radius 3 is 1.40 bits per heavy atom. The van der Waals surface area contributed by atoms with E-state index >= 15 is 0 Å². The molecule has 1 unspecified atom stereocenters. The molecule has 1 aliphatic rings. The van der Waals surface area contributed by atoms with Crippen molar-refractivity contribution in [2.45, 2.75) is 81.1 Å². The van der Waals surface area contributed by atoms with Crippen molar-refractivity contribution in [1.29, 1.82) is 0 Å². The Labute approximate surface area is 188 Å². The van der Waals surface area contributed by atoms with Crippen LogP contribution in [0, 0.1) is 29.6 Å². The Hall–Kier alpha value is 1.06. The molecule has 0 aromatic heterocycles. The maximum Gasteiger partial charge on any atom is -1.00 e. The van der Waals surface area contributed by atoms with Crippen molar-refractivity contribution >= 4 is 0 Å². The Balaban J connectivity index is -0.00000161. The Bertz CT molecular complexity index is 434. The summed E-state index contributed by atoms with van der Waals surface area (Å²) in [5.74, 6) is 3.78. The minimum Gasteiger partial charge on any atom is -1.00 e. The number of halogens is 3. The van der Waals surface area contributed by atoms with Gasteiger partial charge >= 0.3 is 152 Å². The van der Waals surface area contributed by atoms with Gasteiger partial charge in [-0.25, -0.2) is 0 Å². The van der Waals surface area contributed by atoms with E-state index in [1.54, 1.807) is 20.6 Å². The van der Waals surface area contributed by atoms with Crippen molar-refractivity contribution in [3.8, 4) is 0 Å². The maximum absolute atomic E-state index is 2.43. The normalized spacial score (nSPS) is 17.4. The van der Waals surface area contributed by atoms with Gasteiger partial charge in [0.25, 0.3) is 0 Å². The van der Waals surface area contributed by atoms with E-state index in [9.17, 15) is 0 Å². The fraction of sp³-hybridized carbons (Fsp3) is 0.810. The third-order valence-electron chi connectivity index (χ3n) is 4.41. The van der Waals surface area contributed by atoms with E-state index in [0.717, 1.165) is 29.6 Å². The largest absolute Gasteiger partial charge is 1.00 e. The SMILES string of the molecule is CC(C)CC1=[C]([Ti+3])C(CC(C)C)C(CC(C)C)=C1CC(C)C.[Cl-].[Cl-].[Cl-]. The van der Waals surface area contributed by atoms with Crippen molar-refractivity contribution in [3.63, 3.8) is 0 Å². The fourth-order valence-electron chi connectivity index (χ4n) is 3.69. The Morgan fingerprint density at radius 1 is 0.640 bits per heavy atom. The number of allylic oxidation sites excluding steroid dienone is 4. The summed E-state index contributed by atoms with van der Waals surface area (Å²) in [5.41, 5.74) is 5.27. The van der Waals surface area contributed by atoms with E-state index in [2.05, 4.69) is 75.8 Å². The summed E-state index contributed by atoms with van der Waals surface area (Å²) in [5, 5.41) is 0. The first-order valence-corrected chi connectivity index (χ1v) is 10.1. The Kier molecular flexibility index (Phi) is 17.4. The first kappa shape index (κ1) is 30.8. The van der Waals surface area contributed by atoms with Gasteiger partial charge in [-0.2, -0.15) is 0 Å². The minimum absolute atomic E-state index is 0. The van der Waals surface area contributed by atoms with Crippen LogP contribution in [-0.4, -0.2) is 0 Å². The van der Waals surface area contributed by atoms with Gasteiger partial charge in [0.05, 0.1) is 0 Å². The molecular formula is C21H37Cl3Ti. The maximum atomic E-state index is 2.43. The van der Waals surface area contributed by atoms with Crippen molar-refractivity contribution in [1.82, 2.24) is 0 Å². The molecule has 4 heteroatoms. The second-order valence-corrected chi connectivity index (χ2v) is 9.71. The quantitative estimate of drug-likeness (QED) is 0.378. The summed E-state index contributed by atoms with van der Waals surface area (Å²) in [7, 11) is 0. The van der Waals surface area contributed by atoms with Crippen LogP contribution in [0.2, 0.25) is 0 Å². The van der Waals surface area contributed by atoms with Crippen molar-refractivity contribution < 1.29 is 57.7 Å². The van der Waals surface area contributed by atoms with Gasteiger partial charge in [-0.1, -0.05) is 0 Å². The van der Waals surface area contributed by atoms with Gasteiger partial charge in [0.2, 0.25) is 0 Å². The van der Waals surface area contributed by atoms with Crippen LogP contribution < -0.4 is 37.2 Å². The van der Waals surface area contributed by atoms with Crippen LogP contribution in [-0.2, 0) is 20.4 Å². The molecule has 1 rings (SSSR count). The molecule has 0 heterocycles. The third kappa shape index (κ3) is 9.71. The first-order chi connectivity index (χ1) is 10.1. The van der Waals surface area contributed by atoms with E-state index in [1.165, 1.54) is 25.7 Å². The van der Waals surface area contributed by atoms with E-state index in [-0.39, 0.29) is 37.2 Å². The molecule has 0 bridgehead atoms. The molecule has 146 valence electrons. The summed E-state index contributed by atoms with van der Waals surface area (Å²) in [4.78, 5) is 0. The van der Waals surface area contributed by atoms with Gasteiger partial charge in [-0.3, -0.25) is 0 Å². The molecule has 0 aliphatic heterocycles. The summed E-state index contributed by atoms with van der Waals surface area (Å²) >= 11 is 2.43. The molecular weight excluding hydrogens is 406 g/mol. The second kappa shape index (κ2) is 14.1. The molecule has 1 atom stereocenters. The molecule has 0 N–H and O–H groups in total. The van der Waals surface area contributed by atoms with Gasteiger partial charge < -0.3 is 37.2 Å². The zero-order valence-electron chi connectivity index (χ0n) is 17.3. The monoisotopic (exact) mass is 442 g/mol. The van der Waals surface area contributed by atoms with Crippen molar-refractivity contribution in [2.24, 2.45) is 29.6 Å². The number of hydrogen-bond acceptors (Lipinski definition) is 0. The third-order valence-corrected chi connectivity index (χ3v) is 5.42. The average Bonchev–Trinajstić information content (AvgIpc) is 2.54. The smallest absolute Gasteiger partial charge is 1.00 e. The van der Waals surface area contributed by atoms with Crippen LogP contribution in [0.25, 0.3) is 0 Å². The minimum atomic E-state index is 0. The molecule has 0 amide bonds. The van der Waals surface area contributed by atoms with Crippen LogP contribution in [0.15, 0.2) is 20.6 Å². The van der Waals surface area contributed by atoms with Gasteiger partial charge in [-0.15, -0.1) is 0 Å². The second-order valence-electron chi connectivity index (χ2n) is 8.87. The van der Waals surface area contributed by atoms with E-state index < -0.39 is 0 Å². The molecule has 0 spiro atoms. The van der Waals surface area contributed by atoms with E-state index in [0.29, 0.717) is 0 Å². The van der Waals surface area contributed by atoms with Crippen LogP contribution in [0.3, 0.4) is 0 Å². The molecule has 0 fully saturated rings. The predicted octanol–water partition coefficient (Wildman–Crippen LogP) is -2.09. The van der Waals surface area contributed by atoms with Crippen LogP contribution in [0.5, 0.6) is 0 Å². The van der Waals surface area contributed by atoms with E-state index in [4.69, 9.17) is 0 Å². The molecule has 0 nitrogen and oxygen atoms in total. The van der Waals surface area contributed by atoms with Gasteiger partial charge in [0.15, 0.2) is 0 Å². The van der Waals surface area contributed by atoms with Crippen molar-refractivity contribution in [3.05, 3.63) is 20.6 Å².